The first kappa shape index (κ1) is 23.0. The number of carbonyl (C=O) groups excluding carboxylic acids is 1. The summed E-state index contributed by atoms with van der Waals surface area (Å²) in [6, 6.07) is 0.148. The highest BCUT2D eigenvalue weighted by Gasteiger charge is 2.36. The minimum Gasteiger partial charge on any atom is -0.357 e. The van der Waals surface area contributed by atoms with Crippen LogP contribution >= 0.6 is 0 Å². The molecule has 164 valence electrons. The van der Waals surface area contributed by atoms with E-state index >= 15 is 0 Å². The van der Waals surface area contributed by atoms with Crippen molar-refractivity contribution < 1.29 is 18.0 Å². The van der Waals surface area contributed by atoms with Crippen LogP contribution in [0.4, 0.5) is 13.2 Å². The summed E-state index contributed by atoms with van der Waals surface area (Å²) in [7, 11) is 4.94. The summed E-state index contributed by atoms with van der Waals surface area (Å²) < 4.78 is 40.4. The van der Waals surface area contributed by atoms with Crippen molar-refractivity contribution in [2.75, 3.05) is 40.3 Å². The number of likely N-dealkylation sites (tertiary alicyclic amines) is 1. The zero-order valence-electron chi connectivity index (χ0n) is 17.4. The number of amides is 1. The van der Waals surface area contributed by atoms with Crippen molar-refractivity contribution in [2.45, 2.75) is 38.5 Å². The second-order valence-electron chi connectivity index (χ2n) is 7.35. The smallest absolute Gasteiger partial charge is 0.357 e. The van der Waals surface area contributed by atoms with E-state index in [-0.39, 0.29) is 24.1 Å². The summed E-state index contributed by atoms with van der Waals surface area (Å²) in [6.07, 6.45) is -1.51. The van der Waals surface area contributed by atoms with Gasteiger partial charge < -0.3 is 15.5 Å². The molecule has 0 spiro atoms. The average molecular weight is 417 g/mol. The highest BCUT2D eigenvalue weighted by atomic mass is 19.4. The summed E-state index contributed by atoms with van der Waals surface area (Å²) in [5.41, 5.74) is -0.868. The van der Waals surface area contributed by atoms with Crippen LogP contribution in [-0.4, -0.2) is 77.8 Å². The molecule has 0 atom stereocenters. The first-order chi connectivity index (χ1) is 13.6. The summed E-state index contributed by atoms with van der Waals surface area (Å²) in [5, 5.41) is 9.89. The molecule has 1 fully saturated rings. The molecule has 2 N–H and O–H groups in total. The van der Waals surface area contributed by atoms with Crippen LogP contribution in [0.5, 0.6) is 0 Å². The van der Waals surface area contributed by atoms with Gasteiger partial charge in [0.2, 0.25) is 5.91 Å². The molecule has 0 bridgehead atoms. The maximum Gasteiger partial charge on any atom is 0.435 e. The second-order valence-corrected chi connectivity index (χ2v) is 7.35. The van der Waals surface area contributed by atoms with Gasteiger partial charge in [0.15, 0.2) is 11.7 Å². The lowest BCUT2D eigenvalue weighted by atomic mass is 10.1. The van der Waals surface area contributed by atoms with Gasteiger partial charge in [-0.05, 0) is 19.8 Å². The Hall–Kier alpha value is -2.30. The molecule has 11 heteroatoms. The molecule has 1 aliphatic rings. The van der Waals surface area contributed by atoms with Gasteiger partial charge in [0, 0.05) is 58.6 Å². The van der Waals surface area contributed by atoms with Crippen molar-refractivity contribution >= 4 is 11.9 Å². The Balaban J connectivity index is 1.95. The zero-order valence-corrected chi connectivity index (χ0v) is 17.4. The van der Waals surface area contributed by atoms with Crippen LogP contribution in [0, 0.1) is 0 Å². The molecule has 1 aromatic rings. The van der Waals surface area contributed by atoms with Crippen molar-refractivity contribution in [3.05, 3.63) is 17.5 Å². The lowest BCUT2D eigenvalue weighted by Gasteiger charge is -2.33. The number of nitrogens with zero attached hydrogens (tertiary/aromatic N) is 5. The topological polar surface area (TPSA) is 77.8 Å². The van der Waals surface area contributed by atoms with Crippen molar-refractivity contribution in [1.29, 1.82) is 0 Å². The molecule has 0 unspecified atom stereocenters. The van der Waals surface area contributed by atoms with Crippen LogP contribution in [0.25, 0.3) is 0 Å². The predicted octanol–water partition coefficient (Wildman–Crippen LogP) is 1.05. The molecule has 1 aromatic heterocycles. The summed E-state index contributed by atoms with van der Waals surface area (Å²) >= 11 is 0. The van der Waals surface area contributed by atoms with Crippen LogP contribution in [-0.2, 0) is 24.6 Å². The van der Waals surface area contributed by atoms with Crippen molar-refractivity contribution in [3.8, 4) is 0 Å². The van der Waals surface area contributed by atoms with Gasteiger partial charge in [0.05, 0.1) is 13.1 Å². The van der Waals surface area contributed by atoms with Crippen LogP contribution < -0.4 is 10.6 Å². The number of hydrogen-bond donors (Lipinski definition) is 2. The molecular formula is C18H30F3N7O. The van der Waals surface area contributed by atoms with E-state index in [4.69, 9.17) is 0 Å². The standard InChI is InChI=1S/C18H30F3N7O/c1-5-22-17(23-10-13-11-27(4)25-16(13)18(19,20)21)24-14-6-8-28(9-7-14)12-15(29)26(2)3/h11,14H,5-10,12H2,1-4H3,(H2,22,23,24). The molecule has 1 amide bonds. The first-order valence-electron chi connectivity index (χ1n) is 9.67. The summed E-state index contributed by atoms with van der Waals surface area (Å²) in [4.78, 5) is 19.8. The number of guanidine groups is 1. The molecule has 8 nitrogen and oxygen atoms in total. The Labute approximate surface area is 169 Å². The van der Waals surface area contributed by atoms with Crippen molar-refractivity contribution in [1.82, 2.24) is 30.2 Å². The van der Waals surface area contributed by atoms with E-state index in [0.29, 0.717) is 19.0 Å². The maximum atomic E-state index is 13.1. The summed E-state index contributed by atoms with van der Waals surface area (Å²) in [5.74, 6) is 0.551. The highest BCUT2D eigenvalue weighted by Crippen LogP contribution is 2.30. The fourth-order valence-corrected chi connectivity index (χ4v) is 3.14. The monoisotopic (exact) mass is 417 g/mol. The molecule has 1 saturated heterocycles. The van der Waals surface area contributed by atoms with Gasteiger partial charge in [-0.2, -0.15) is 18.3 Å². The van der Waals surface area contributed by atoms with Gasteiger partial charge in [0.25, 0.3) is 0 Å². The lowest BCUT2D eigenvalue weighted by molar-refractivity contribution is -0.142. The van der Waals surface area contributed by atoms with E-state index in [1.807, 2.05) is 6.92 Å². The molecule has 0 aliphatic carbocycles. The van der Waals surface area contributed by atoms with E-state index in [0.717, 1.165) is 30.6 Å². The van der Waals surface area contributed by atoms with Crippen molar-refractivity contribution in [3.63, 3.8) is 0 Å². The Kier molecular flexibility index (Phi) is 7.88. The Morgan fingerprint density at radius 2 is 2.00 bits per heavy atom. The van der Waals surface area contributed by atoms with E-state index in [2.05, 4.69) is 25.6 Å². The molecule has 2 heterocycles. The number of hydrogen-bond acceptors (Lipinski definition) is 4. The molecular weight excluding hydrogens is 387 g/mol. The number of likely N-dealkylation sites (N-methyl/N-ethyl adjacent to an activating group) is 1. The number of nitrogens with one attached hydrogen (secondary N) is 2. The highest BCUT2D eigenvalue weighted by molar-refractivity contribution is 5.80. The predicted molar refractivity (Wildman–Crippen MR) is 104 cm³/mol. The molecule has 1 aliphatic heterocycles. The first-order valence-corrected chi connectivity index (χ1v) is 9.67. The minimum absolute atomic E-state index is 0.0363. The zero-order chi connectivity index (χ0) is 21.6. The van der Waals surface area contributed by atoms with Crippen LogP contribution in [0.3, 0.4) is 0 Å². The average Bonchev–Trinajstić information content (AvgIpc) is 3.02. The number of aryl methyl sites for hydroxylation is 1. The molecule has 0 saturated carbocycles. The Bertz CT molecular complexity index is 707. The van der Waals surface area contributed by atoms with Gasteiger partial charge in [-0.1, -0.05) is 0 Å². The van der Waals surface area contributed by atoms with Gasteiger partial charge in [-0.25, -0.2) is 4.99 Å². The Morgan fingerprint density at radius 1 is 1.34 bits per heavy atom. The number of piperidine rings is 1. The SMILES string of the molecule is CCNC(=NCc1cn(C)nc1C(F)(F)F)NC1CCN(CC(=O)N(C)C)CC1. The second kappa shape index (κ2) is 9.95. The number of halogens is 3. The summed E-state index contributed by atoms with van der Waals surface area (Å²) in [6.45, 7) is 4.33. The van der Waals surface area contributed by atoms with Gasteiger partial charge in [0.1, 0.15) is 0 Å². The van der Waals surface area contributed by atoms with Crippen LogP contribution in [0.15, 0.2) is 11.2 Å². The fourth-order valence-electron chi connectivity index (χ4n) is 3.14. The normalized spacial score (nSPS) is 16.7. The van der Waals surface area contributed by atoms with Gasteiger partial charge >= 0.3 is 6.18 Å². The molecule has 29 heavy (non-hydrogen) atoms. The molecule has 0 radical (unpaired) electrons. The maximum absolute atomic E-state index is 13.1. The van der Waals surface area contributed by atoms with E-state index in [1.54, 1.807) is 19.0 Å². The number of carbonyl (C=O) groups is 1. The Morgan fingerprint density at radius 3 is 2.55 bits per heavy atom. The number of aliphatic imine (C=N–C) groups is 1. The third kappa shape index (κ3) is 6.91. The van der Waals surface area contributed by atoms with E-state index < -0.39 is 11.9 Å². The largest absolute Gasteiger partial charge is 0.435 e. The minimum atomic E-state index is -4.51. The lowest BCUT2D eigenvalue weighted by Crippen LogP contribution is -2.50. The van der Waals surface area contributed by atoms with Crippen molar-refractivity contribution in [2.24, 2.45) is 12.0 Å². The number of aromatic nitrogens is 2. The fraction of sp³-hybridized carbons (Fsp3) is 0.722. The molecule has 2 rings (SSSR count). The third-order valence-corrected chi connectivity index (χ3v) is 4.71. The number of rotatable bonds is 6. The quantitative estimate of drug-likeness (QED) is 0.534. The van der Waals surface area contributed by atoms with Crippen LogP contribution in [0.1, 0.15) is 31.0 Å². The van der Waals surface area contributed by atoms with E-state index in [9.17, 15) is 18.0 Å². The van der Waals surface area contributed by atoms with E-state index in [1.165, 1.54) is 13.2 Å². The third-order valence-electron chi connectivity index (χ3n) is 4.71. The van der Waals surface area contributed by atoms with Gasteiger partial charge in [-0.3, -0.25) is 14.4 Å². The number of alkyl halides is 3. The van der Waals surface area contributed by atoms with Gasteiger partial charge in [-0.15, -0.1) is 0 Å². The molecule has 0 aromatic carbocycles. The van der Waals surface area contributed by atoms with Crippen LogP contribution in [0.2, 0.25) is 0 Å².